The minimum atomic E-state index is 0.309. The summed E-state index contributed by atoms with van der Waals surface area (Å²) in [7, 11) is 0. The van der Waals surface area contributed by atoms with Crippen molar-refractivity contribution >= 4 is 5.78 Å². The van der Waals surface area contributed by atoms with Gasteiger partial charge in [-0.2, -0.15) is 0 Å². The number of Topliss-reactive ketones (excluding diaryl/α,β-unsaturated/α-hetero) is 1. The molecule has 0 aliphatic carbocycles. The summed E-state index contributed by atoms with van der Waals surface area (Å²) in [6.45, 7) is 6.28. The predicted molar refractivity (Wildman–Crippen MR) is 76.2 cm³/mol. The van der Waals surface area contributed by atoms with Crippen LogP contribution in [0.4, 0.5) is 0 Å². The van der Waals surface area contributed by atoms with Gasteiger partial charge in [0.05, 0.1) is 0 Å². The molecule has 0 heterocycles. The molecular formula is C16H30O. The lowest BCUT2D eigenvalue weighted by Gasteiger charge is -2.06. The van der Waals surface area contributed by atoms with Gasteiger partial charge in [-0.1, -0.05) is 51.7 Å². The molecule has 1 heteroatoms. The summed E-state index contributed by atoms with van der Waals surface area (Å²) in [6, 6.07) is 0. The maximum Gasteiger partial charge on any atom is 0.129 e. The van der Waals surface area contributed by atoms with Crippen molar-refractivity contribution in [3.05, 3.63) is 12.2 Å². The largest absolute Gasteiger partial charge is 0.300 e. The van der Waals surface area contributed by atoms with Crippen LogP contribution in [-0.2, 0) is 4.79 Å². The van der Waals surface area contributed by atoms with Gasteiger partial charge in [0.25, 0.3) is 0 Å². The molecule has 0 amide bonds. The summed E-state index contributed by atoms with van der Waals surface area (Å²) in [5, 5.41) is 0. The fraction of sp³-hybridized carbons (Fsp3) is 0.812. The van der Waals surface area contributed by atoms with E-state index in [-0.39, 0.29) is 0 Å². The second-order valence-electron chi connectivity index (χ2n) is 5.22. The molecule has 0 aromatic heterocycles. The molecule has 17 heavy (non-hydrogen) atoms. The van der Waals surface area contributed by atoms with Crippen molar-refractivity contribution in [2.45, 2.75) is 78.6 Å². The van der Waals surface area contributed by atoms with Crippen molar-refractivity contribution in [3.8, 4) is 0 Å². The Morgan fingerprint density at radius 3 is 2.29 bits per heavy atom. The first-order valence-electron chi connectivity index (χ1n) is 7.31. The molecule has 0 aliphatic rings. The van der Waals surface area contributed by atoms with Gasteiger partial charge in [-0.05, 0) is 38.5 Å². The Morgan fingerprint density at radius 2 is 1.71 bits per heavy atom. The van der Waals surface area contributed by atoms with Crippen LogP contribution < -0.4 is 0 Å². The normalized spacial score (nSPS) is 13.1. The van der Waals surface area contributed by atoms with Gasteiger partial charge >= 0.3 is 0 Å². The Morgan fingerprint density at radius 1 is 1.06 bits per heavy atom. The lowest BCUT2D eigenvalue weighted by molar-refractivity contribution is -0.117. The van der Waals surface area contributed by atoms with Crippen LogP contribution in [0.3, 0.4) is 0 Å². The molecule has 0 spiro atoms. The van der Waals surface area contributed by atoms with E-state index in [9.17, 15) is 4.79 Å². The molecule has 0 bridgehead atoms. The van der Waals surface area contributed by atoms with Gasteiger partial charge < -0.3 is 4.79 Å². The summed E-state index contributed by atoms with van der Waals surface area (Å²) in [5.74, 6) is 1.21. The van der Waals surface area contributed by atoms with Crippen molar-refractivity contribution < 1.29 is 4.79 Å². The van der Waals surface area contributed by atoms with Gasteiger partial charge in [-0.3, -0.25) is 0 Å². The first-order valence-corrected chi connectivity index (χ1v) is 7.31. The molecular weight excluding hydrogens is 208 g/mol. The van der Waals surface area contributed by atoms with Crippen LogP contribution in [0, 0.1) is 5.92 Å². The molecule has 0 N–H and O–H groups in total. The highest BCUT2D eigenvalue weighted by atomic mass is 16.1. The van der Waals surface area contributed by atoms with Crippen molar-refractivity contribution in [2.75, 3.05) is 0 Å². The maximum atomic E-state index is 10.7. The van der Waals surface area contributed by atoms with Crippen molar-refractivity contribution in [1.82, 2.24) is 0 Å². The van der Waals surface area contributed by atoms with Gasteiger partial charge in [0.1, 0.15) is 5.78 Å². The van der Waals surface area contributed by atoms with E-state index in [0.29, 0.717) is 5.78 Å². The fourth-order valence-electron chi connectivity index (χ4n) is 1.84. The number of carbonyl (C=O) groups excluding carboxylic acids is 1. The highest BCUT2D eigenvalue weighted by Crippen LogP contribution is 2.13. The molecule has 0 saturated heterocycles. The van der Waals surface area contributed by atoms with Gasteiger partial charge in [-0.25, -0.2) is 0 Å². The molecule has 1 unspecified atom stereocenters. The zero-order valence-corrected chi connectivity index (χ0v) is 12.0. The summed E-state index contributed by atoms with van der Waals surface area (Å²) in [6.07, 6.45) is 15.3. The van der Waals surface area contributed by atoms with Crippen LogP contribution in [-0.4, -0.2) is 5.78 Å². The zero-order valence-electron chi connectivity index (χ0n) is 12.0. The van der Waals surface area contributed by atoms with E-state index in [4.69, 9.17) is 0 Å². The minimum absolute atomic E-state index is 0.309. The number of rotatable bonds is 11. The van der Waals surface area contributed by atoms with Gasteiger partial charge in [-0.15, -0.1) is 0 Å². The Kier molecular flexibility index (Phi) is 11.5. The standard InChI is InChI=1S/C16H30O/c1-4-15(2)13-11-9-7-5-6-8-10-12-14-16(3)17/h6,8,15H,4-5,7,9-14H2,1-3H3/b8-6+. The number of allylic oxidation sites excluding steroid dienone is 2. The van der Waals surface area contributed by atoms with Crippen LogP contribution in [0.25, 0.3) is 0 Å². The molecule has 0 saturated carbocycles. The summed E-state index contributed by atoms with van der Waals surface area (Å²) in [4.78, 5) is 10.7. The lowest BCUT2D eigenvalue weighted by atomic mass is 10.0. The molecule has 0 rings (SSSR count). The molecule has 0 aliphatic heterocycles. The van der Waals surface area contributed by atoms with Crippen LogP contribution >= 0.6 is 0 Å². The van der Waals surface area contributed by atoms with Crippen molar-refractivity contribution in [2.24, 2.45) is 5.92 Å². The number of hydrogen-bond donors (Lipinski definition) is 0. The molecule has 0 radical (unpaired) electrons. The van der Waals surface area contributed by atoms with E-state index in [1.165, 1.54) is 38.5 Å². The second kappa shape index (κ2) is 11.9. The monoisotopic (exact) mass is 238 g/mol. The molecule has 0 aromatic carbocycles. The van der Waals surface area contributed by atoms with Gasteiger partial charge in [0, 0.05) is 6.42 Å². The van der Waals surface area contributed by atoms with Gasteiger partial charge in [0.15, 0.2) is 0 Å². The number of hydrogen-bond acceptors (Lipinski definition) is 1. The van der Waals surface area contributed by atoms with E-state index in [1.807, 2.05) is 0 Å². The van der Waals surface area contributed by atoms with E-state index in [1.54, 1.807) is 6.92 Å². The molecule has 1 nitrogen and oxygen atoms in total. The summed E-state index contributed by atoms with van der Waals surface area (Å²) in [5.41, 5.74) is 0. The van der Waals surface area contributed by atoms with E-state index in [0.717, 1.165) is 25.2 Å². The first kappa shape index (κ1) is 16.4. The van der Waals surface area contributed by atoms with Crippen LogP contribution in [0.1, 0.15) is 78.6 Å². The van der Waals surface area contributed by atoms with E-state index in [2.05, 4.69) is 26.0 Å². The Labute approximate surface area is 108 Å². The third-order valence-electron chi connectivity index (χ3n) is 3.33. The third-order valence-corrected chi connectivity index (χ3v) is 3.33. The van der Waals surface area contributed by atoms with Crippen LogP contribution in [0.15, 0.2) is 12.2 Å². The molecule has 1 atom stereocenters. The summed E-state index contributed by atoms with van der Waals surface area (Å²) >= 11 is 0. The topological polar surface area (TPSA) is 17.1 Å². The zero-order chi connectivity index (χ0) is 12.9. The van der Waals surface area contributed by atoms with E-state index < -0.39 is 0 Å². The molecule has 0 aromatic rings. The lowest BCUT2D eigenvalue weighted by Crippen LogP contribution is -1.91. The maximum absolute atomic E-state index is 10.7. The highest BCUT2D eigenvalue weighted by Gasteiger charge is 1.97. The molecule has 0 fully saturated rings. The smallest absolute Gasteiger partial charge is 0.129 e. The fourth-order valence-corrected chi connectivity index (χ4v) is 1.84. The quantitative estimate of drug-likeness (QED) is 0.353. The van der Waals surface area contributed by atoms with Gasteiger partial charge in [0.2, 0.25) is 0 Å². The predicted octanol–water partition coefficient (Wildman–Crippen LogP) is 5.30. The SMILES string of the molecule is CCC(C)CCCCC/C=C/CCCC(C)=O. The Bertz CT molecular complexity index is 206. The third kappa shape index (κ3) is 13.3. The number of unbranched alkanes of at least 4 members (excludes halogenated alkanes) is 4. The average molecular weight is 238 g/mol. The highest BCUT2D eigenvalue weighted by molar-refractivity contribution is 5.75. The minimum Gasteiger partial charge on any atom is -0.300 e. The molecule has 100 valence electrons. The van der Waals surface area contributed by atoms with Crippen molar-refractivity contribution in [3.63, 3.8) is 0 Å². The number of carbonyl (C=O) groups is 1. The van der Waals surface area contributed by atoms with Crippen LogP contribution in [0.5, 0.6) is 0 Å². The van der Waals surface area contributed by atoms with Crippen molar-refractivity contribution in [1.29, 1.82) is 0 Å². The second-order valence-corrected chi connectivity index (χ2v) is 5.22. The Hall–Kier alpha value is -0.590. The Balaban J connectivity index is 3.16. The first-order chi connectivity index (χ1) is 8.16. The summed E-state index contributed by atoms with van der Waals surface area (Å²) < 4.78 is 0. The van der Waals surface area contributed by atoms with E-state index >= 15 is 0 Å². The van der Waals surface area contributed by atoms with Crippen LogP contribution in [0.2, 0.25) is 0 Å². The average Bonchev–Trinajstić information content (AvgIpc) is 2.30. The number of ketones is 1.